The van der Waals surface area contributed by atoms with Gasteiger partial charge in [0.15, 0.2) is 17.0 Å². The largest absolute Gasteiger partial charge is 0.477 e. The van der Waals surface area contributed by atoms with Gasteiger partial charge in [0.2, 0.25) is 5.95 Å². The van der Waals surface area contributed by atoms with Crippen LogP contribution in [-0.4, -0.2) is 31.0 Å². The first kappa shape index (κ1) is 16.1. The van der Waals surface area contributed by atoms with E-state index >= 15 is 0 Å². The molecule has 3 aromatic heterocycles. The summed E-state index contributed by atoms with van der Waals surface area (Å²) >= 11 is 1.29. The van der Waals surface area contributed by atoms with Gasteiger partial charge >= 0.3 is 5.97 Å². The molecule has 0 spiro atoms. The second-order valence-corrected chi connectivity index (χ2v) is 6.43. The van der Waals surface area contributed by atoms with Gasteiger partial charge in [-0.2, -0.15) is 9.97 Å². The summed E-state index contributed by atoms with van der Waals surface area (Å²) in [5, 5.41) is 9.06. The number of aromatic nitrogens is 4. The number of nitrogens with two attached hydrogens (primary N) is 2. The van der Waals surface area contributed by atoms with Crippen LogP contribution >= 0.6 is 11.3 Å². The van der Waals surface area contributed by atoms with Crippen LogP contribution in [0.4, 0.5) is 11.8 Å². The fraction of sp³-hybridized carbons (Fsp3) is 0.267. The van der Waals surface area contributed by atoms with E-state index in [0.717, 1.165) is 17.0 Å². The first-order valence-corrected chi connectivity index (χ1v) is 8.17. The number of anilines is 2. The lowest BCUT2D eigenvalue weighted by molar-refractivity contribution is 0.0702. The maximum atomic E-state index is 11.0. The second-order valence-electron chi connectivity index (χ2n) is 5.32. The van der Waals surface area contributed by atoms with Crippen LogP contribution in [0.2, 0.25) is 0 Å². The number of aromatic carboxylic acids is 1. The quantitative estimate of drug-likeness (QED) is 0.639. The van der Waals surface area contributed by atoms with Crippen molar-refractivity contribution in [3.05, 3.63) is 33.8 Å². The van der Waals surface area contributed by atoms with Crippen LogP contribution in [0.1, 0.15) is 39.5 Å². The van der Waals surface area contributed by atoms with Gasteiger partial charge in [-0.25, -0.2) is 14.8 Å². The van der Waals surface area contributed by atoms with Crippen LogP contribution in [0.15, 0.2) is 18.3 Å². The molecule has 0 saturated carbocycles. The number of hydrogen-bond donors (Lipinski definition) is 3. The Balaban J connectivity index is 1.90. The molecule has 0 aliphatic carbocycles. The van der Waals surface area contributed by atoms with Gasteiger partial charge in [-0.3, -0.25) is 0 Å². The van der Waals surface area contributed by atoms with Crippen molar-refractivity contribution in [1.29, 1.82) is 0 Å². The minimum atomic E-state index is -0.908. The van der Waals surface area contributed by atoms with E-state index in [0.29, 0.717) is 22.5 Å². The van der Waals surface area contributed by atoms with Gasteiger partial charge < -0.3 is 16.6 Å². The predicted molar refractivity (Wildman–Crippen MR) is 92.0 cm³/mol. The molecule has 0 bridgehead atoms. The number of nitrogen functional groups attached to an aromatic ring is 2. The number of carbonyl (C=O) groups is 1. The molecule has 0 radical (unpaired) electrons. The monoisotopic (exact) mass is 344 g/mol. The Morgan fingerprint density at radius 2 is 2.08 bits per heavy atom. The van der Waals surface area contributed by atoms with E-state index in [1.54, 1.807) is 12.3 Å². The summed E-state index contributed by atoms with van der Waals surface area (Å²) in [6.07, 6.45) is 3.12. The van der Waals surface area contributed by atoms with Crippen molar-refractivity contribution >= 4 is 40.2 Å². The average molecular weight is 344 g/mol. The number of hydrogen-bond acceptors (Lipinski definition) is 8. The van der Waals surface area contributed by atoms with Gasteiger partial charge in [0.05, 0.1) is 11.9 Å². The van der Waals surface area contributed by atoms with Crippen molar-refractivity contribution in [2.24, 2.45) is 0 Å². The van der Waals surface area contributed by atoms with E-state index in [2.05, 4.69) is 26.9 Å². The van der Waals surface area contributed by atoms with Gasteiger partial charge in [-0.15, -0.1) is 11.3 Å². The zero-order valence-corrected chi connectivity index (χ0v) is 13.7. The van der Waals surface area contributed by atoms with Crippen LogP contribution in [0.5, 0.6) is 0 Å². The van der Waals surface area contributed by atoms with E-state index in [1.165, 1.54) is 11.3 Å². The lowest BCUT2D eigenvalue weighted by Crippen LogP contribution is -2.06. The van der Waals surface area contributed by atoms with Crippen LogP contribution < -0.4 is 11.5 Å². The number of rotatable bonds is 5. The number of nitrogens with zero attached hydrogens (tertiary/aromatic N) is 4. The topological polar surface area (TPSA) is 141 Å². The van der Waals surface area contributed by atoms with Gasteiger partial charge in [-0.1, -0.05) is 6.92 Å². The molecule has 0 fully saturated rings. The molecule has 8 nitrogen and oxygen atoms in total. The van der Waals surface area contributed by atoms with E-state index in [1.807, 2.05) is 6.07 Å². The summed E-state index contributed by atoms with van der Waals surface area (Å²) in [6, 6.07) is 3.49. The van der Waals surface area contributed by atoms with Crippen molar-refractivity contribution in [3.63, 3.8) is 0 Å². The normalized spacial score (nSPS) is 12.4. The zero-order valence-electron chi connectivity index (χ0n) is 12.9. The van der Waals surface area contributed by atoms with Gasteiger partial charge in [0.25, 0.3) is 0 Å². The number of fused-ring (bicyclic) bond motifs is 1. The molecule has 3 rings (SSSR count). The molecule has 3 heterocycles. The summed E-state index contributed by atoms with van der Waals surface area (Å²) in [5.41, 5.74) is 12.9. The standard InChI is InChI=1S/C15H16N6O2S/c1-2-7(9-3-4-10(24-9)14(22)23)5-8-6-18-13-11(19-8)12(16)20-15(17)21-13/h3-4,6-7H,2,5H2,1H3,(H,22,23)(H4,16,17,18,20,21). The second kappa shape index (κ2) is 6.36. The number of thiophene rings is 1. The lowest BCUT2D eigenvalue weighted by Gasteiger charge is -2.12. The van der Waals surface area contributed by atoms with Gasteiger partial charge in [0.1, 0.15) is 4.88 Å². The number of carboxylic acid groups (broad SMARTS) is 1. The van der Waals surface area contributed by atoms with Crippen molar-refractivity contribution in [2.75, 3.05) is 11.5 Å². The van der Waals surface area contributed by atoms with Crippen LogP contribution in [0.3, 0.4) is 0 Å². The van der Waals surface area contributed by atoms with E-state index in [9.17, 15) is 4.79 Å². The summed E-state index contributed by atoms with van der Waals surface area (Å²) < 4.78 is 0. The molecule has 124 valence electrons. The number of carboxylic acids is 1. The molecule has 0 saturated heterocycles. The third-order valence-electron chi connectivity index (χ3n) is 3.69. The minimum absolute atomic E-state index is 0.0632. The third kappa shape index (κ3) is 3.11. The van der Waals surface area contributed by atoms with Crippen molar-refractivity contribution in [1.82, 2.24) is 19.9 Å². The lowest BCUT2D eigenvalue weighted by atomic mass is 9.99. The summed E-state index contributed by atoms with van der Waals surface area (Å²) in [7, 11) is 0. The Morgan fingerprint density at radius 1 is 1.29 bits per heavy atom. The molecule has 0 amide bonds. The summed E-state index contributed by atoms with van der Waals surface area (Å²) in [5.74, 6) is -0.489. The molecule has 9 heteroatoms. The van der Waals surface area contributed by atoms with E-state index in [4.69, 9.17) is 16.6 Å². The summed E-state index contributed by atoms with van der Waals surface area (Å²) in [4.78, 5) is 29.0. The fourth-order valence-electron chi connectivity index (χ4n) is 2.47. The highest BCUT2D eigenvalue weighted by molar-refractivity contribution is 7.14. The molecule has 5 N–H and O–H groups in total. The smallest absolute Gasteiger partial charge is 0.345 e. The maximum Gasteiger partial charge on any atom is 0.345 e. The summed E-state index contributed by atoms with van der Waals surface area (Å²) in [6.45, 7) is 2.05. The SMILES string of the molecule is CCC(Cc1cnc2nc(N)nc(N)c2n1)c1ccc(C(=O)O)s1. The van der Waals surface area contributed by atoms with Crippen molar-refractivity contribution in [2.45, 2.75) is 25.7 Å². The average Bonchev–Trinajstić information content (AvgIpc) is 3.03. The molecule has 24 heavy (non-hydrogen) atoms. The highest BCUT2D eigenvalue weighted by Crippen LogP contribution is 2.30. The van der Waals surface area contributed by atoms with Crippen molar-refractivity contribution < 1.29 is 9.90 Å². The van der Waals surface area contributed by atoms with E-state index in [-0.39, 0.29) is 17.7 Å². The molecule has 0 aliphatic heterocycles. The first-order chi connectivity index (χ1) is 11.5. The van der Waals surface area contributed by atoms with Crippen LogP contribution in [0, 0.1) is 0 Å². The van der Waals surface area contributed by atoms with Crippen LogP contribution in [-0.2, 0) is 6.42 Å². The molecule has 1 unspecified atom stereocenters. The van der Waals surface area contributed by atoms with Crippen molar-refractivity contribution in [3.8, 4) is 0 Å². The molecular weight excluding hydrogens is 328 g/mol. The fourth-order valence-corrected chi connectivity index (χ4v) is 3.50. The van der Waals surface area contributed by atoms with E-state index < -0.39 is 5.97 Å². The molecular formula is C15H16N6O2S. The maximum absolute atomic E-state index is 11.0. The molecule has 0 aromatic carbocycles. The highest BCUT2D eigenvalue weighted by atomic mass is 32.1. The Kier molecular flexibility index (Phi) is 4.26. The zero-order chi connectivity index (χ0) is 17.3. The Labute approximate surface area is 141 Å². The third-order valence-corrected chi connectivity index (χ3v) is 4.93. The molecule has 0 aliphatic rings. The molecule has 3 aromatic rings. The molecule has 1 atom stereocenters. The minimum Gasteiger partial charge on any atom is -0.477 e. The van der Waals surface area contributed by atoms with Gasteiger partial charge in [0, 0.05) is 4.88 Å². The van der Waals surface area contributed by atoms with Gasteiger partial charge in [-0.05, 0) is 30.9 Å². The Morgan fingerprint density at radius 3 is 2.75 bits per heavy atom. The highest BCUT2D eigenvalue weighted by Gasteiger charge is 2.17. The Bertz CT molecular complexity index is 910. The predicted octanol–water partition coefficient (Wildman–Crippen LogP) is 2.08. The van der Waals surface area contributed by atoms with Crippen LogP contribution in [0.25, 0.3) is 11.2 Å². The Hall–Kier alpha value is -2.81. The first-order valence-electron chi connectivity index (χ1n) is 7.35.